The fourth-order valence-corrected chi connectivity index (χ4v) is 2.52. The maximum Gasteiger partial charge on any atom is 0.287 e. The number of anilines is 1. The molecule has 106 valence electrons. The average Bonchev–Trinajstić information content (AvgIpc) is 2.92. The summed E-state index contributed by atoms with van der Waals surface area (Å²) in [6.07, 6.45) is 1.17. The van der Waals surface area contributed by atoms with E-state index >= 15 is 0 Å². The van der Waals surface area contributed by atoms with Crippen molar-refractivity contribution in [2.24, 2.45) is 5.92 Å². The van der Waals surface area contributed by atoms with E-state index in [1.807, 2.05) is 6.07 Å². The van der Waals surface area contributed by atoms with Crippen LogP contribution in [0, 0.1) is 27.4 Å². The highest BCUT2D eigenvalue weighted by molar-refractivity contribution is 5.58. The highest BCUT2D eigenvalue weighted by Crippen LogP contribution is 2.23. The molecule has 1 unspecified atom stereocenters. The van der Waals surface area contributed by atoms with Crippen LogP contribution in [0.3, 0.4) is 0 Å². The van der Waals surface area contributed by atoms with Gasteiger partial charge in [0.25, 0.3) is 5.69 Å². The molecule has 1 aromatic carbocycles. The molecule has 1 aromatic rings. The molecule has 0 bridgehead atoms. The molecule has 0 saturated carbocycles. The van der Waals surface area contributed by atoms with Gasteiger partial charge < -0.3 is 10.2 Å². The lowest BCUT2D eigenvalue weighted by atomic mass is 10.1. The number of nitrogens with one attached hydrogen (secondary N) is 1. The summed E-state index contributed by atoms with van der Waals surface area (Å²) in [6.45, 7) is 6.28. The van der Waals surface area contributed by atoms with Crippen LogP contribution in [-0.2, 0) is 0 Å². The third kappa shape index (κ3) is 3.25. The van der Waals surface area contributed by atoms with E-state index in [9.17, 15) is 10.1 Å². The molecular weight excluding hydrogens is 256 g/mol. The number of likely N-dealkylation sites (tertiary alicyclic amines) is 1. The maximum atomic E-state index is 10.8. The largest absolute Gasteiger partial charge is 0.385 e. The van der Waals surface area contributed by atoms with Crippen LogP contribution in [0.1, 0.15) is 18.9 Å². The van der Waals surface area contributed by atoms with Crippen molar-refractivity contribution in [3.63, 3.8) is 0 Å². The molecule has 0 aliphatic carbocycles. The minimum atomic E-state index is -0.529. The molecule has 1 aliphatic heterocycles. The number of nitriles is 1. The summed E-state index contributed by atoms with van der Waals surface area (Å²) < 4.78 is 0. The molecule has 1 aliphatic rings. The average molecular weight is 274 g/mol. The number of benzene rings is 1. The van der Waals surface area contributed by atoms with Crippen molar-refractivity contribution >= 4 is 11.4 Å². The maximum absolute atomic E-state index is 10.8. The Hall–Kier alpha value is -2.13. The monoisotopic (exact) mass is 274 g/mol. The van der Waals surface area contributed by atoms with Gasteiger partial charge in [-0.05, 0) is 37.6 Å². The van der Waals surface area contributed by atoms with Crippen molar-refractivity contribution in [1.29, 1.82) is 5.26 Å². The van der Waals surface area contributed by atoms with Gasteiger partial charge in [0, 0.05) is 24.8 Å². The fourth-order valence-electron chi connectivity index (χ4n) is 2.52. The Labute approximate surface area is 118 Å². The summed E-state index contributed by atoms with van der Waals surface area (Å²) in [5.41, 5.74) is 0.722. The van der Waals surface area contributed by atoms with E-state index in [4.69, 9.17) is 5.26 Å². The normalized spacial score (nSPS) is 18.7. The minimum absolute atomic E-state index is 0.0987. The zero-order valence-electron chi connectivity index (χ0n) is 11.5. The molecule has 6 heteroatoms. The number of rotatable bonds is 5. The number of hydrogen-bond donors (Lipinski definition) is 1. The number of nitro benzene ring substituents is 1. The Kier molecular flexibility index (Phi) is 4.53. The predicted molar refractivity (Wildman–Crippen MR) is 76.5 cm³/mol. The minimum Gasteiger partial charge on any atom is -0.385 e. The van der Waals surface area contributed by atoms with Crippen LogP contribution >= 0.6 is 0 Å². The van der Waals surface area contributed by atoms with Gasteiger partial charge in [-0.3, -0.25) is 10.1 Å². The van der Waals surface area contributed by atoms with Crippen molar-refractivity contribution in [2.45, 2.75) is 13.3 Å². The van der Waals surface area contributed by atoms with Crippen molar-refractivity contribution in [2.75, 3.05) is 31.5 Å². The summed E-state index contributed by atoms with van der Waals surface area (Å²) in [7, 11) is 0. The van der Waals surface area contributed by atoms with Crippen LogP contribution in [0.4, 0.5) is 11.4 Å². The first-order valence-corrected chi connectivity index (χ1v) is 6.78. The van der Waals surface area contributed by atoms with Crippen molar-refractivity contribution in [3.8, 4) is 6.07 Å². The topological polar surface area (TPSA) is 82.2 Å². The summed E-state index contributed by atoms with van der Waals surface area (Å²) in [5.74, 6) is 0.593. The highest BCUT2D eigenvalue weighted by atomic mass is 16.6. The summed E-state index contributed by atoms with van der Waals surface area (Å²) in [4.78, 5) is 12.6. The Balaban J connectivity index is 1.97. The van der Waals surface area contributed by atoms with Crippen molar-refractivity contribution in [1.82, 2.24) is 4.90 Å². The van der Waals surface area contributed by atoms with E-state index in [2.05, 4.69) is 17.1 Å². The second kappa shape index (κ2) is 6.35. The summed E-state index contributed by atoms with van der Waals surface area (Å²) >= 11 is 0. The molecule has 1 fully saturated rings. The van der Waals surface area contributed by atoms with Gasteiger partial charge in [-0.1, -0.05) is 6.92 Å². The van der Waals surface area contributed by atoms with Gasteiger partial charge in [-0.15, -0.1) is 0 Å². The Morgan fingerprint density at radius 1 is 1.60 bits per heavy atom. The molecule has 1 saturated heterocycles. The molecule has 0 aromatic heterocycles. The van der Waals surface area contributed by atoms with Gasteiger partial charge in [0.05, 0.1) is 4.92 Å². The highest BCUT2D eigenvalue weighted by Gasteiger charge is 2.21. The lowest BCUT2D eigenvalue weighted by Crippen LogP contribution is -2.22. The molecule has 0 spiro atoms. The molecule has 1 N–H and O–H groups in total. The number of nitro groups is 1. The first-order valence-electron chi connectivity index (χ1n) is 6.78. The van der Waals surface area contributed by atoms with Crippen LogP contribution < -0.4 is 5.32 Å². The fraction of sp³-hybridized carbons (Fsp3) is 0.500. The molecule has 1 heterocycles. The SMILES string of the molecule is CCN1CCC(CNc2ccc([N+](=O)[O-])c(C#N)c2)C1. The Morgan fingerprint density at radius 2 is 2.40 bits per heavy atom. The van der Waals surface area contributed by atoms with Gasteiger partial charge in [-0.2, -0.15) is 5.26 Å². The van der Waals surface area contributed by atoms with E-state index in [0.29, 0.717) is 5.92 Å². The van der Waals surface area contributed by atoms with E-state index in [1.165, 1.54) is 12.5 Å². The smallest absolute Gasteiger partial charge is 0.287 e. The zero-order valence-corrected chi connectivity index (χ0v) is 11.5. The van der Waals surface area contributed by atoms with Crippen molar-refractivity contribution in [3.05, 3.63) is 33.9 Å². The number of hydrogen-bond acceptors (Lipinski definition) is 5. The third-order valence-corrected chi connectivity index (χ3v) is 3.73. The summed E-state index contributed by atoms with van der Waals surface area (Å²) in [5, 5.41) is 23.0. The molecule has 1 atom stereocenters. The second-order valence-corrected chi connectivity index (χ2v) is 5.03. The molecule has 20 heavy (non-hydrogen) atoms. The van der Waals surface area contributed by atoms with E-state index in [1.54, 1.807) is 12.1 Å². The second-order valence-electron chi connectivity index (χ2n) is 5.03. The number of nitrogens with zero attached hydrogens (tertiary/aromatic N) is 3. The molecule has 6 nitrogen and oxygen atoms in total. The Bertz CT molecular complexity index is 538. The van der Waals surface area contributed by atoms with Gasteiger partial charge in [-0.25, -0.2) is 0 Å². The first-order chi connectivity index (χ1) is 9.63. The molecule has 0 amide bonds. The van der Waals surface area contributed by atoms with Gasteiger partial charge in [0.1, 0.15) is 11.6 Å². The quantitative estimate of drug-likeness (QED) is 0.657. The standard InChI is InChI=1S/C14H18N4O2/c1-2-17-6-5-11(10-17)9-16-13-3-4-14(18(19)20)12(7-13)8-15/h3-4,7,11,16H,2,5-6,9-10H2,1H3. The molecule has 0 radical (unpaired) electrons. The zero-order chi connectivity index (χ0) is 14.5. The Morgan fingerprint density at radius 3 is 3.00 bits per heavy atom. The van der Waals surface area contributed by atoms with Crippen LogP contribution in [0.25, 0.3) is 0 Å². The third-order valence-electron chi connectivity index (χ3n) is 3.73. The van der Waals surface area contributed by atoms with Crippen molar-refractivity contribution < 1.29 is 4.92 Å². The van der Waals surface area contributed by atoms with Crippen LogP contribution in [-0.4, -0.2) is 36.0 Å². The van der Waals surface area contributed by atoms with E-state index in [-0.39, 0.29) is 11.3 Å². The van der Waals surface area contributed by atoms with E-state index in [0.717, 1.165) is 31.9 Å². The van der Waals surface area contributed by atoms with Gasteiger partial charge in [0.15, 0.2) is 0 Å². The van der Waals surface area contributed by atoms with Gasteiger partial charge >= 0.3 is 0 Å². The van der Waals surface area contributed by atoms with E-state index < -0.39 is 4.92 Å². The molecule has 2 rings (SSSR count). The lowest BCUT2D eigenvalue weighted by Gasteiger charge is -2.14. The predicted octanol–water partition coefficient (Wildman–Crippen LogP) is 2.22. The summed E-state index contributed by atoms with van der Waals surface area (Å²) in [6, 6.07) is 6.46. The van der Waals surface area contributed by atoms with Crippen LogP contribution in [0.2, 0.25) is 0 Å². The first kappa shape index (κ1) is 14.3. The molecular formula is C14H18N4O2. The van der Waals surface area contributed by atoms with Crippen LogP contribution in [0.15, 0.2) is 18.2 Å². The van der Waals surface area contributed by atoms with Crippen LogP contribution in [0.5, 0.6) is 0 Å². The lowest BCUT2D eigenvalue weighted by molar-refractivity contribution is -0.385. The van der Waals surface area contributed by atoms with Gasteiger partial charge in [0.2, 0.25) is 0 Å².